The van der Waals surface area contributed by atoms with Gasteiger partial charge in [0.15, 0.2) is 28.7 Å². The molecule has 0 bridgehead atoms. The number of benzene rings is 1. The lowest BCUT2D eigenvalue weighted by Crippen LogP contribution is -2.18. The minimum Gasteiger partial charge on any atom is -0.480 e. The summed E-state index contributed by atoms with van der Waals surface area (Å²) in [5.41, 5.74) is 1.45. The van der Waals surface area contributed by atoms with Gasteiger partial charge >= 0.3 is 5.97 Å². The van der Waals surface area contributed by atoms with Gasteiger partial charge in [0, 0.05) is 18.0 Å². The first kappa shape index (κ1) is 27.1. The van der Waals surface area contributed by atoms with E-state index in [1.807, 2.05) is 0 Å². The predicted octanol–water partition coefficient (Wildman–Crippen LogP) is 5.33. The molecule has 1 N–H and O–H groups in total. The van der Waals surface area contributed by atoms with Crippen LogP contribution < -0.4 is 10.1 Å². The standard InChI is InChI=1S/C25H28F2N4O4S2/c1-5-34-24(33)21-16-8-6-13(2)10-19(16)37-23(21)28-20(32)12-36-25-30-29-22(31(25)4)14(3)35-18-9-7-15(26)11-17(18)27/h7,9,11,13-14H,5-6,8,10,12H2,1-4H3,(H,28,32)/t13-,14+/m1/s1. The van der Waals surface area contributed by atoms with E-state index in [0.717, 1.165) is 41.8 Å². The molecule has 2 heterocycles. The summed E-state index contributed by atoms with van der Waals surface area (Å²) in [5.74, 6) is -1.34. The molecule has 0 unspecified atom stereocenters. The molecule has 0 radical (unpaired) electrons. The fourth-order valence-electron chi connectivity index (χ4n) is 4.17. The first-order valence-corrected chi connectivity index (χ1v) is 13.7. The second-order valence-corrected chi connectivity index (χ2v) is 10.9. The number of nitrogens with zero attached hydrogens (tertiary/aromatic N) is 3. The Morgan fingerprint density at radius 1 is 1.32 bits per heavy atom. The Morgan fingerprint density at radius 2 is 2.11 bits per heavy atom. The Balaban J connectivity index is 1.42. The topological polar surface area (TPSA) is 95.3 Å². The van der Waals surface area contributed by atoms with Gasteiger partial charge in [-0.25, -0.2) is 13.6 Å². The Hall–Kier alpha value is -2.99. The molecule has 1 aromatic carbocycles. The van der Waals surface area contributed by atoms with Crippen LogP contribution >= 0.6 is 23.1 Å². The number of fused-ring (bicyclic) bond motifs is 1. The number of anilines is 1. The maximum absolute atomic E-state index is 14.0. The third kappa shape index (κ3) is 6.12. The number of halogens is 2. The zero-order valence-corrected chi connectivity index (χ0v) is 22.6. The van der Waals surface area contributed by atoms with Crippen molar-refractivity contribution in [1.29, 1.82) is 0 Å². The second kappa shape index (κ2) is 11.6. The minimum atomic E-state index is -0.813. The first-order chi connectivity index (χ1) is 17.7. The summed E-state index contributed by atoms with van der Waals surface area (Å²) in [6, 6.07) is 3.07. The van der Waals surface area contributed by atoms with E-state index >= 15 is 0 Å². The van der Waals surface area contributed by atoms with Gasteiger partial charge in [0.05, 0.1) is 17.9 Å². The smallest absolute Gasteiger partial charge is 0.341 e. The molecule has 37 heavy (non-hydrogen) atoms. The monoisotopic (exact) mass is 550 g/mol. The van der Waals surface area contributed by atoms with Crippen LogP contribution in [0, 0.1) is 17.6 Å². The number of hydrogen-bond acceptors (Lipinski definition) is 8. The third-order valence-corrected chi connectivity index (χ3v) is 8.20. The van der Waals surface area contributed by atoms with Gasteiger partial charge in [-0.3, -0.25) is 4.79 Å². The fraction of sp³-hybridized carbons (Fsp3) is 0.440. The lowest BCUT2D eigenvalue weighted by atomic mass is 9.88. The molecule has 8 nitrogen and oxygen atoms in total. The highest BCUT2D eigenvalue weighted by Gasteiger charge is 2.29. The highest BCUT2D eigenvalue weighted by Crippen LogP contribution is 2.40. The number of nitrogens with one attached hydrogen (secondary N) is 1. The highest BCUT2D eigenvalue weighted by atomic mass is 32.2. The van der Waals surface area contributed by atoms with Crippen molar-refractivity contribution in [1.82, 2.24) is 14.8 Å². The number of thiophene rings is 1. The van der Waals surface area contributed by atoms with Gasteiger partial charge in [-0.15, -0.1) is 21.5 Å². The summed E-state index contributed by atoms with van der Waals surface area (Å²) in [6.07, 6.45) is 1.98. The maximum atomic E-state index is 14.0. The highest BCUT2D eigenvalue weighted by molar-refractivity contribution is 7.99. The largest absolute Gasteiger partial charge is 0.480 e. The molecule has 3 aromatic rings. The van der Waals surface area contributed by atoms with Gasteiger partial charge in [-0.2, -0.15) is 0 Å². The van der Waals surface area contributed by atoms with Crippen LogP contribution in [0.3, 0.4) is 0 Å². The van der Waals surface area contributed by atoms with Gasteiger partial charge in [0.2, 0.25) is 5.91 Å². The molecule has 0 aliphatic heterocycles. The van der Waals surface area contributed by atoms with Gasteiger partial charge < -0.3 is 19.4 Å². The Labute approximate surface area is 221 Å². The van der Waals surface area contributed by atoms with Crippen LogP contribution in [0.25, 0.3) is 0 Å². The number of thioether (sulfide) groups is 1. The van der Waals surface area contributed by atoms with Crippen LogP contribution in [-0.4, -0.2) is 39.0 Å². The lowest BCUT2D eigenvalue weighted by molar-refractivity contribution is -0.113. The Kier molecular flexibility index (Phi) is 8.48. The molecule has 1 amide bonds. The van der Waals surface area contributed by atoms with Crippen LogP contribution in [0.1, 0.15) is 59.9 Å². The molecule has 0 fully saturated rings. The predicted molar refractivity (Wildman–Crippen MR) is 137 cm³/mol. The average Bonchev–Trinajstić information content (AvgIpc) is 3.38. The van der Waals surface area contributed by atoms with E-state index in [-0.39, 0.29) is 24.0 Å². The van der Waals surface area contributed by atoms with Crippen LogP contribution in [0.4, 0.5) is 13.8 Å². The number of amides is 1. The van der Waals surface area contributed by atoms with Gasteiger partial charge in [0.25, 0.3) is 0 Å². The van der Waals surface area contributed by atoms with Crippen molar-refractivity contribution >= 4 is 40.0 Å². The zero-order valence-electron chi connectivity index (χ0n) is 21.0. The van der Waals surface area contributed by atoms with Crippen molar-refractivity contribution < 1.29 is 27.8 Å². The number of aromatic nitrogens is 3. The summed E-state index contributed by atoms with van der Waals surface area (Å²) in [7, 11) is 1.71. The second-order valence-electron chi connectivity index (χ2n) is 8.85. The van der Waals surface area contributed by atoms with E-state index in [1.165, 1.54) is 29.2 Å². The van der Waals surface area contributed by atoms with Gasteiger partial charge in [0.1, 0.15) is 10.8 Å². The molecule has 0 saturated heterocycles. The van der Waals surface area contributed by atoms with Crippen LogP contribution in [-0.2, 0) is 29.4 Å². The van der Waals surface area contributed by atoms with Gasteiger partial charge in [-0.05, 0) is 56.7 Å². The number of hydrogen-bond donors (Lipinski definition) is 1. The molecule has 0 spiro atoms. The number of carbonyl (C=O) groups excluding carboxylic acids is 2. The van der Waals surface area contributed by atoms with E-state index < -0.39 is 23.7 Å². The van der Waals surface area contributed by atoms with Crippen LogP contribution in [0.5, 0.6) is 5.75 Å². The Bertz CT molecular complexity index is 1310. The molecule has 4 rings (SSSR count). The summed E-state index contributed by atoms with van der Waals surface area (Å²) >= 11 is 2.61. The summed E-state index contributed by atoms with van der Waals surface area (Å²) in [4.78, 5) is 26.6. The van der Waals surface area contributed by atoms with E-state index in [0.29, 0.717) is 27.5 Å². The molecular formula is C25H28F2N4O4S2. The van der Waals surface area contributed by atoms with Gasteiger partial charge in [-0.1, -0.05) is 18.7 Å². The normalized spacial score (nSPS) is 15.7. The Morgan fingerprint density at radius 3 is 2.84 bits per heavy atom. The molecular weight excluding hydrogens is 522 g/mol. The lowest BCUT2D eigenvalue weighted by Gasteiger charge is -2.18. The fourth-order valence-corrected chi connectivity index (χ4v) is 6.30. The van der Waals surface area contributed by atoms with E-state index in [9.17, 15) is 18.4 Å². The molecule has 1 aliphatic carbocycles. The average molecular weight is 551 g/mol. The molecule has 198 valence electrons. The van der Waals surface area contributed by atoms with Crippen molar-refractivity contribution in [2.45, 2.75) is 51.3 Å². The van der Waals surface area contributed by atoms with Crippen molar-refractivity contribution in [3.8, 4) is 5.75 Å². The van der Waals surface area contributed by atoms with E-state index in [1.54, 1.807) is 25.5 Å². The minimum absolute atomic E-state index is 0.0367. The van der Waals surface area contributed by atoms with Crippen LogP contribution in [0.2, 0.25) is 0 Å². The third-order valence-electron chi connectivity index (χ3n) is 6.01. The van der Waals surface area contributed by atoms with E-state index in [2.05, 4.69) is 22.4 Å². The van der Waals surface area contributed by atoms with Crippen molar-refractivity contribution in [3.63, 3.8) is 0 Å². The van der Waals surface area contributed by atoms with Crippen molar-refractivity contribution in [2.75, 3.05) is 17.7 Å². The SMILES string of the molecule is CCOC(=O)c1c(NC(=O)CSc2nnc([C@H](C)Oc3ccc(F)cc3F)n2C)sc2c1CC[C@@H](C)C2. The molecule has 0 saturated carbocycles. The maximum Gasteiger partial charge on any atom is 0.341 e. The number of esters is 1. The van der Waals surface area contributed by atoms with E-state index in [4.69, 9.17) is 9.47 Å². The molecule has 1 aliphatic rings. The summed E-state index contributed by atoms with van der Waals surface area (Å²) < 4.78 is 39.6. The quantitative estimate of drug-likeness (QED) is 0.284. The van der Waals surface area contributed by atoms with Crippen LogP contribution in [0.15, 0.2) is 23.4 Å². The number of rotatable bonds is 9. The molecule has 2 aromatic heterocycles. The van der Waals surface area contributed by atoms with Crippen molar-refractivity contribution in [2.24, 2.45) is 13.0 Å². The molecule has 2 atom stereocenters. The molecule has 12 heteroatoms. The summed E-state index contributed by atoms with van der Waals surface area (Å²) in [6.45, 7) is 5.86. The first-order valence-electron chi connectivity index (χ1n) is 11.9. The zero-order chi connectivity index (χ0) is 26.7. The number of ether oxygens (including phenoxy) is 2. The van der Waals surface area contributed by atoms with Crippen molar-refractivity contribution in [3.05, 3.63) is 51.7 Å². The number of carbonyl (C=O) groups is 2. The summed E-state index contributed by atoms with van der Waals surface area (Å²) in [5, 5.41) is 12.1.